The van der Waals surface area contributed by atoms with Gasteiger partial charge < -0.3 is 30.7 Å². The van der Waals surface area contributed by atoms with Crippen LogP contribution in [0.1, 0.15) is 30.6 Å². The number of carboxylic acids is 2. The Labute approximate surface area is 191 Å². The number of ether oxygens (including phenoxy) is 1. The van der Waals surface area contributed by atoms with Crippen LogP contribution in [0.2, 0.25) is 0 Å². The molecule has 3 rings (SSSR count). The average Bonchev–Trinajstić information content (AvgIpc) is 2.80. The summed E-state index contributed by atoms with van der Waals surface area (Å²) in [6.07, 6.45) is 2.49. The van der Waals surface area contributed by atoms with Gasteiger partial charge in [-0.25, -0.2) is 9.59 Å². The molecule has 5 N–H and O–H groups in total. The average molecular weight is 456 g/mol. The maximum Gasteiger partial charge on any atom is 0.328 e. The number of carbonyl (C=O) groups excluding carboxylic acids is 1. The highest BCUT2D eigenvalue weighted by molar-refractivity contribution is 5.95. The Bertz CT molecular complexity index is 960. The van der Waals surface area contributed by atoms with E-state index in [2.05, 4.69) is 41.8 Å². The summed E-state index contributed by atoms with van der Waals surface area (Å²) in [6, 6.07) is 16.1. The van der Waals surface area contributed by atoms with Crippen molar-refractivity contribution in [1.82, 2.24) is 5.32 Å². The first-order valence-corrected chi connectivity index (χ1v) is 10.4. The van der Waals surface area contributed by atoms with E-state index in [0.29, 0.717) is 36.2 Å². The van der Waals surface area contributed by atoms with Crippen molar-refractivity contribution < 1.29 is 34.4 Å². The van der Waals surface area contributed by atoms with Gasteiger partial charge in [0.15, 0.2) is 6.61 Å². The van der Waals surface area contributed by atoms with Crippen LogP contribution in [0.4, 0.5) is 5.69 Å². The Morgan fingerprint density at radius 3 is 2.42 bits per heavy atom. The number of nitrogens with one attached hydrogen (secondary N) is 2. The number of fused-ring (bicyclic) bond motifs is 1. The van der Waals surface area contributed by atoms with Crippen molar-refractivity contribution in [2.75, 3.05) is 18.5 Å². The van der Waals surface area contributed by atoms with Crippen molar-refractivity contribution in [3.63, 3.8) is 0 Å². The molecule has 1 aliphatic rings. The summed E-state index contributed by atoms with van der Waals surface area (Å²) in [5, 5.41) is 32.2. The Balaban J connectivity index is 0.000000414. The number of hydrogen-bond donors (Lipinski definition) is 5. The number of aliphatic hydroxyl groups excluding tert-OH is 1. The maximum absolute atomic E-state index is 11.4. The van der Waals surface area contributed by atoms with Gasteiger partial charge in [-0.1, -0.05) is 36.4 Å². The van der Waals surface area contributed by atoms with Gasteiger partial charge in [0.2, 0.25) is 0 Å². The van der Waals surface area contributed by atoms with Crippen molar-refractivity contribution in [2.45, 2.75) is 31.9 Å². The van der Waals surface area contributed by atoms with Crippen molar-refractivity contribution in [3.05, 3.63) is 71.8 Å². The number of carbonyl (C=O) groups is 3. The molecule has 0 fully saturated rings. The molecule has 2 unspecified atom stereocenters. The number of benzene rings is 2. The molecule has 9 nitrogen and oxygen atoms in total. The standard InChI is InChI=1S/C20H24N2O3.C4H4O4/c1-14(7-8-15-5-3-2-4-6-15)21-12-18(23)16-9-10-19-17(11-16)22-20(24)13-25-19;5-3(6)1-2-4(7)8/h2-6,9-11,14,18,21,23H,7-8,12-13H2,1H3,(H,22,24);1-2H,(H,5,6)(H,7,8)/b;2-1-. The van der Waals surface area contributed by atoms with E-state index in [-0.39, 0.29) is 12.5 Å². The van der Waals surface area contributed by atoms with Gasteiger partial charge in [0.25, 0.3) is 5.91 Å². The molecular formula is C24H28N2O7. The SMILES string of the molecule is CC(CCc1ccccc1)NCC(O)c1ccc2c(c1)NC(=O)CO2.O=C(O)/C=C\C(=O)O. The third-order valence-electron chi connectivity index (χ3n) is 4.76. The minimum atomic E-state index is -1.26. The molecule has 1 amide bonds. The lowest BCUT2D eigenvalue weighted by Crippen LogP contribution is -2.31. The fourth-order valence-corrected chi connectivity index (χ4v) is 3.01. The third kappa shape index (κ3) is 9.55. The summed E-state index contributed by atoms with van der Waals surface area (Å²) >= 11 is 0. The van der Waals surface area contributed by atoms with Gasteiger partial charge >= 0.3 is 11.9 Å². The minimum absolute atomic E-state index is 0.0371. The Morgan fingerprint density at radius 2 is 1.79 bits per heavy atom. The van der Waals surface area contributed by atoms with Gasteiger partial charge in [-0.05, 0) is 43.0 Å². The highest BCUT2D eigenvalue weighted by Gasteiger charge is 2.18. The highest BCUT2D eigenvalue weighted by atomic mass is 16.5. The van der Waals surface area contributed by atoms with Crippen molar-refractivity contribution in [1.29, 1.82) is 0 Å². The predicted octanol–water partition coefficient (Wildman–Crippen LogP) is 2.37. The molecule has 0 bridgehead atoms. The van der Waals surface area contributed by atoms with Gasteiger partial charge in [-0.15, -0.1) is 0 Å². The first-order chi connectivity index (χ1) is 15.7. The second-order valence-electron chi connectivity index (χ2n) is 7.45. The summed E-state index contributed by atoms with van der Waals surface area (Å²) < 4.78 is 5.33. The molecule has 9 heteroatoms. The Hall–Kier alpha value is -3.69. The molecule has 176 valence electrons. The number of aliphatic carboxylic acids is 2. The van der Waals surface area contributed by atoms with Crippen LogP contribution in [0.25, 0.3) is 0 Å². The summed E-state index contributed by atoms with van der Waals surface area (Å²) in [4.78, 5) is 30.5. The molecule has 1 heterocycles. The molecule has 0 spiro atoms. The lowest BCUT2D eigenvalue weighted by molar-refractivity contribution is -0.134. The van der Waals surface area contributed by atoms with Crippen LogP contribution in [-0.4, -0.2) is 52.4 Å². The molecule has 0 saturated heterocycles. The normalized spacial score (nSPS) is 14.2. The Morgan fingerprint density at radius 1 is 1.12 bits per heavy atom. The first kappa shape index (κ1) is 25.6. The molecule has 2 aromatic carbocycles. The lowest BCUT2D eigenvalue weighted by Gasteiger charge is -2.21. The summed E-state index contributed by atoms with van der Waals surface area (Å²) in [6.45, 7) is 2.62. The zero-order valence-electron chi connectivity index (χ0n) is 18.2. The second-order valence-corrected chi connectivity index (χ2v) is 7.45. The van der Waals surface area contributed by atoms with Gasteiger partial charge in [0.05, 0.1) is 11.8 Å². The second kappa shape index (κ2) is 13.0. The monoisotopic (exact) mass is 456 g/mol. The van der Waals surface area contributed by atoms with E-state index in [9.17, 15) is 19.5 Å². The summed E-state index contributed by atoms with van der Waals surface area (Å²) in [5.74, 6) is -2.05. The zero-order chi connectivity index (χ0) is 24.2. The largest absolute Gasteiger partial charge is 0.482 e. The quantitative estimate of drug-likeness (QED) is 0.362. The minimum Gasteiger partial charge on any atom is -0.482 e. The van der Waals surface area contributed by atoms with E-state index in [1.165, 1.54) is 5.56 Å². The molecule has 2 aromatic rings. The van der Waals surface area contributed by atoms with Crippen molar-refractivity contribution in [2.24, 2.45) is 0 Å². The van der Waals surface area contributed by atoms with E-state index in [0.717, 1.165) is 18.4 Å². The molecule has 0 saturated carbocycles. The number of amides is 1. The molecule has 2 atom stereocenters. The summed E-state index contributed by atoms with van der Waals surface area (Å²) in [5.41, 5.74) is 2.69. The predicted molar refractivity (Wildman–Crippen MR) is 122 cm³/mol. The van der Waals surface area contributed by atoms with Gasteiger partial charge in [-0.3, -0.25) is 4.79 Å². The fourth-order valence-electron chi connectivity index (χ4n) is 3.01. The zero-order valence-corrected chi connectivity index (χ0v) is 18.2. The smallest absolute Gasteiger partial charge is 0.328 e. The van der Waals surface area contributed by atoms with Crippen LogP contribution in [-0.2, 0) is 20.8 Å². The topological polar surface area (TPSA) is 145 Å². The van der Waals surface area contributed by atoms with Crippen molar-refractivity contribution in [3.8, 4) is 5.75 Å². The summed E-state index contributed by atoms with van der Waals surface area (Å²) in [7, 11) is 0. The number of hydrogen-bond acceptors (Lipinski definition) is 6. The molecule has 0 aromatic heterocycles. The van der Waals surface area contributed by atoms with Gasteiger partial charge in [0, 0.05) is 24.7 Å². The number of aryl methyl sites for hydroxylation is 1. The van der Waals surface area contributed by atoms with E-state index in [4.69, 9.17) is 14.9 Å². The Kier molecular flexibility index (Phi) is 10.1. The molecule has 0 radical (unpaired) electrons. The molecular weight excluding hydrogens is 428 g/mol. The molecule has 33 heavy (non-hydrogen) atoms. The van der Waals surface area contributed by atoms with Crippen LogP contribution in [0.5, 0.6) is 5.75 Å². The van der Waals surface area contributed by atoms with Crippen molar-refractivity contribution >= 4 is 23.5 Å². The lowest BCUT2D eigenvalue weighted by atomic mass is 10.0. The first-order valence-electron chi connectivity index (χ1n) is 10.4. The van der Waals surface area contributed by atoms with Crippen LogP contribution >= 0.6 is 0 Å². The van der Waals surface area contributed by atoms with E-state index < -0.39 is 18.0 Å². The van der Waals surface area contributed by atoms with Crippen LogP contribution in [0.3, 0.4) is 0 Å². The number of rotatable bonds is 9. The van der Waals surface area contributed by atoms with Crippen LogP contribution in [0, 0.1) is 0 Å². The highest BCUT2D eigenvalue weighted by Crippen LogP contribution is 2.30. The van der Waals surface area contributed by atoms with E-state index in [1.54, 1.807) is 12.1 Å². The van der Waals surface area contributed by atoms with E-state index in [1.807, 2.05) is 12.1 Å². The number of aliphatic hydroxyl groups is 1. The van der Waals surface area contributed by atoms with E-state index >= 15 is 0 Å². The fraction of sp³-hybridized carbons (Fsp3) is 0.292. The number of anilines is 1. The van der Waals surface area contributed by atoms with Gasteiger partial charge in [0.1, 0.15) is 5.75 Å². The van der Waals surface area contributed by atoms with Gasteiger partial charge in [-0.2, -0.15) is 0 Å². The van der Waals surface area contributed by atoms with Crippen LogP contribution < -0.4 is 15.4 Å². The molecule has 1 aliphatic heterocycles. The van der Waals surface area contributed by atoms with Crippen LogP contribution in [0.15, 0.2) is 60.7 Å². The third-order valence-corrected chi connectivity index (χ3v) is 4.76. The number of carboxylic acid groups (broad SMARTS) is 2. The molecule has 0 aliphatic carbocycles. The maximum atomic E-state index is 11.4.